The summed E-state index contributed by atoms with van der Waals surface area (Å²) in [6, 6.07) is 0. The first-order valence-corrected chi connectivity index (χ1v) is 10.4. The van der Waals surface area contributed by atoms with Crippen molar-refractivity contribution in [3.05, 3.63) is 0 Å². The van der Waals surface area contributed by atoms with Gasteiger partial charge in [0.2, 0.25) is 0 Å². The van der Waals surface area contributed by atoms with Crippen LogP contribution in [0.15, 0.2) is 0 Å². The summed E-state index contributed by atoms with van der Waals surface area (Å²) in [5.74, 6) is -1.72. The Balaban J connectivity index is 2.62. The van der Waals surface area contributed by atoms with Gasteiger partial charge in [-0.2, -0.15) is 0 Å². The third-order valence-corrected chi connectivity index (χ3v) is 7.37. The maximum absolute atomic E-state index is 12.8. The van der Waals surface area contributed by atoms with Crippen molar-refractivity contribution in [1.29, 1.82) is 0 Å². The van der Waals surface area contributed by atoms with Crippen molar-refractivity contribution >= 4 is 11.9 Å². The number of carbonyl (C=O) groups is 2. The van der Waals surface area contributed by atoms with E-state index in [1.807, 2.05) is 13.8 Å². The summed E-state index contributed by atoms with van der Waals surface area (Å²) in [5.41, 5.74) is -2.25. The molecule has 0 aromatic rings. The van der Waals surface area contributed by atoms with Crippen LogP contribution in [0.25, 0.3) is 0 Å². The lowest BCUT2D eigenvalue weighted by atomic mass is 9.46. The molecule has 0 aromatic heterocycles. The third kappa shape index (κ3) is 3.33. The fourth-order valence-electron chi connectivity index (χ4n) is 6.33. The first-order chi connectivity index (χ1) is 12.0. The Labute approximate surface area is 152 Å². The summed E-state index contributed by atoms with van der Waals surface area (Å²) in [6.45, 7) is 3.92. The van der Waals surface area contributed by atoms with Crippen molar-refractivity contribution in [3.8, 4) is 0 Å². The molecule has 0 aliphatic heterocycles. The van der Waals surface area contributed by atoms with Crippen molar-refractivity contribution in [1.82, 2.24) is 0 Å². The Morgan fingerprint density at radius 2 is 1.16 bits per heavy atom. The smallest absolute Gasteiger partial charge is 0.311 e. The SMILES string of the molecule is CCCC(C(=O)O)(C1CCCCC1)C(CC)(C(=O)O)C1CCCCC1. The number of aliphatic carboxylic acids is 2. The Hall–Kier alpha value is -1.06. The fourth-order valence-corrected chi connectivity index (χ4v) is 6.33. The van der Waals surface area contributed by atoms with Crippen LogP contribution in [0.1, 0.15) is 97.3 Å². The molecule has 0 saturated heterocycles. The van der Waals surface area contributed by atoms with E-state index in [1.165, 1.54) is 0 Å². The highest BCUT2D eigenvalue weighted by Crippen LogP contribution is 2.61. The van der Waals surface area contributed by atoms with E-state index in [4.69, 9.17) is 0 Å². The molecule has 0 spiro atoms. The van der Waals surface area contributed by atoms with E-state index in [9.17, 15) is 19.8 Å². The molecule has 2 saturated carbocycles. The molecule has 144 valence electrons. The van der Waals surface area contributed by atoms with E-state index in [0.717, 1.165) is 70.6 Å². The second-order valence-corrected chi connectivity index (χ2v) is 8.33. The van der Waals surface area contributed by atoms with Crippen molar-refractivity contribution in [3.63, 3.8) is 0 Å². The Morgan fingerprint density at radius 3 is 1.48 bits per heavy atom. The molecule has 0 amide bonds. The normalized spacial score (nSPS) is 25.0. The predicted molar refractivity (Wildman–Crippen MR) is 98.5 cm³/mol. The summed E-state index contributed by atoms with van der Waals surface area (Å²) in [4.78, 5) is 25.6. The lowest BCUT2D eigenvalue weighted by Gasteiger charge is -2.54. The summed E-state index contributed by atoms with van der Waals surface area (Å²) < 4.78 is 0. The molecule has 2 N–H and O–H groups in total. The molecular weight excluding hydrogens is 316 g/mol. The van der Waals surface area contributed by atoms with Gasteiger partial charge in [-0.1, -0.05) is 58.8 Å². The monoisotopic (exact) mass is 352 g/mol. The minimum Gasteiger partial charge on any atom is -0.481 e. The van der Waals surface area contributed by atoms with Gasteiger partial charge in [-0.25, -0.2) is 0 Å². The minimum atomic E-state index is -1.13. The minimum absolute atomic E-state index is 0.00308. The molecule has 2 aliphatic carbocycles. The van der Waals surface area contributed by atoms with E-state index in [1.54, 1.807) is 0 Å². The van der Waals surface area contributed by atoms with Crippen LogP contribution in [0, 0.1) is 22.7 Å². The highest BCUT2D eigenvalue weighted by atomic mass is 16.4. The van der Waals surface area contributed by atoms with Gasteiger partial charge in [-0.05, 0) is 50.4 Å². The van der Waals surface area contributed by atoms with E-state index in [2.05, 4.69) is 0 Å². The van der Waals surface area contributed by atoms with Gasteiger partial charge < -0.3 is 10.2 Å². The molecule has 0 bridgehead atoms. The quantitative estimate of drug-likeness (QED) is 0.605. The molecule has 2 fully saturated rings. The van der Waals surface area contributed by atoms with Crippen LogP contribution >= 0.6 is 0 Å². The average molecular weight is 353 g/mol. The lowest BCUT2D eigenvalue weighted by Crippen LogP contribution is -2.60. The maximum Gasteiger partial charge on any atom is 0.311 e. The van der Waals surface area contributed by atoms with Crippen LogP contribution in [-0.4, -0.2) is 22.2 Å². The molecule has 4 nitrogen and oxygen atoms in total. The van der Waals surface area contributed by atoms with Crippen LogP contribution in [0.4, 0.5) is 0 Å². The molecule has 0 aromatic carbocycles. The first-order valence-electron chi connectivity index (χ1n) is 10.4. The summed E-state index contributed by atoms with van der Waals surface area (Å²) in [7, 11) is 0. The maximum atomic E-state index is 12.8. The van der Waals surface area contributed by atoms with Crippen LogP contribution in [0.2, 0.25) is 0 Å². The predicted octanol–water partition coefficient (Wildman–Crippen LogP) is 5.50. The van der Waals surface area contributed by atoms with E-state index in [0.29, 0.717) is 12.8 Å². The van der Waals surface area contributed by atoms with E-state index >= 15 is 0 Å². The van der Waals surface area contributed by atoms with Crippen LogP contribution in [-0.2, 0) is 9.59 Å². The Bertz CT molecular complexity index is 463. The first kappa shape index (κ1) is 20.3. The van der Waals surface area contributed by atoms with Gasteiger partial charge in [-0.3, -0.25) is 9.59 Å². The largest absolute Gasteiger partial charge is 0.481 e. The zero-order valence-corrected chi connectivity index (χ0v) is 16.1. The Morgan fingerprint density at radius 1 is 0.760 bits per heavy atom. The van der Waals surface area contributed by atoms with Crippen molar-refractivity contribution < 1.29 is 19.8 Å². The molecular formula is C21H36O4. The zero-order chi connectivity index (χ0) is 18.5. The average Bonchev–Trinajstić information content (AvgIpc) is 2.63. The van der Waals surface area contributed by atoms with Gasteiger partial charge in [0.15, 0.2) is 0 Å². The van der Waals surface area contributed by atoms with Crippen molar-refractivity contribution in [2.75, 3.05) is 0 Å². The van der Waals surface area contributed by atoms with Crippen LogP contribution in [0.3, 0.4) is 0 Å². The number of hydrogen-bond acceptors (Lipinski definition) is 2. The van der Waals surface area contributed by atoms with Gasteiger partial charge in [0, 0.05) is 0 Å². The molecule has 2 aliphatic rings. The number of hydrogen-bond donors (Lipinski definition) is 2. The highest BCUT2D eigenvalue weighted by molar-refractivity contribution is 5.87. The Kier molecular flexibility index (Phi) is 6.93. The molecule has 0 heterocycles. The van der Waals surface area contributed by atoms with Gasteiger partial charge in [0.05, 0.1) is 10.8 Å². The van der Waals surface area contributed by atoms with Gasteiger partial charge in [0.25, 0.3) is 0 Å². The molecule has 2 atom stereocenters. The summed E-state index contributed by atoms with van der Waals surface area (Å²) in [6.07, 6.45) is 11.5. The number of rotatable bonds is 8. The van der Waals surface area contributed by atoms with Crippen LogP contribution in [0.5, 0.6) is 0 Å². The van der Waals surface area contributed by atoms with Gasteiger partial charge in [-0.15, -0.1) is 0 Å². The molecule has 0 radical (unpaired) electrons. The summed E-state index contributed by atoms with van der Waals surface area (Å²) in [5, 5.41) is 20.9. The fraction of sp³-hybridized carbons (Fsp3) is 0.905. The molecule has 2 rings (SSSR count). The second kappa shape index (κ2) is 8.55. The number of carboxylic acid groups (broad SMARTS) is 2. The van der Waals surface area contributed by atoms with Crippen molar-refractivity contribution in [2.45, 2.75) is 97.3 Å². The summed E-state index contributed by atoms with van der Waals surface area (Å²) >= 11 is 0. The molecule has 2 unspecified atom stereocenters. The second-order valence-electron chi connectivity index (χ2n) is 8.33. The van der Waals surface area contributed by atoms with E-state index in [-0.39, 0.29) is 11.8 Å². The highest BCUT2D eigenvalue weighted by Gasteiger charge is 2.65. The van der Waals surface area contributed by atoms with Gasteiger partial charge >= 0.3 is 11.9 Å². The standard InChI is InChI=1S/C21H36O4/c1-3-15-21(19(24)25,17-13-9-6-10-14-17)20(4-2,18(22)23)16-11-7-5-8-12-16/h16-17H,3-15H2,1-2H3,(H,22,23)(H,24,25). The van der Waals surface area contributed by atoms with E-state index < -0.39 is 22.8 Å². The van der Waals surface area contributed by atoms with Crippen LogP contribution < -0.4 is 0 Å². The zero-order valence-electron chi connectivity index (χ0n) is 16.1. The third-order valence-electron chi connectivity index (χ3n) is 7.37. The number of carboxylic acids is 2. The van der Waals surface area contributed by atoms with Gasteiger partial charge in [0.1, 0.15) is 0 Å². The molecule has 25 heavy (non-hydrogen) atoms. The van der Waals surface area contributed by atoms with Crippen molar-refractivity contribution in [2.24, 2.45) is 22.7 Å². The lowest BCUT2D eigenvalue weighted by molar-refractivity contribution is -0.194. The topological polar surface area (TPSA) is 74.6 Å². The molecule has 4 heteroatoms.